The number of hydrogen-bond donors (Lipinski definition) is 1. The lowest BCUT2D eigenvalue weighted by Crippen LogP contribution is -2.12. The molecule has 1 aromatic heterocycles. The normalized spacial score (nSPS) is 10.9. The second kappa shape index (κ2) is 7.78. The van der Waals surface area contributed by atoms with Crippen molar-refractivity contribution in [1.82, 2.24) is 9.97 Å². The number of carbonyl (C=O) groups excluding carboxylic acids is 1. The molecule has 1 heterocycles. The summed E-state index contributed by atoms with van der Waals surface area (Å²) in [4.78, 5) is 20.0. The van der Waals surface area contributed by atoms with Gasteiger partial charge in [0.05, 0.1) is 0 Å². The highest BCUT2D eigenvalue weighted by atomic mass is 19.1. The van der Waals surface area contributed by atoms with E-state index in [1.807, 2.05) is 32.1 Å². The van der Waals surface area contributed by atoms with Gasteiger partial charge in [-0.25, -0.2) is 19.2 Å². The maximum Gasteiger partial charge on any atom is 0.381 e. The standard InChI is InChI=1S/C21H17FN2O3/c1-13-9-15(10-14(2)19(13)25)3-4-16-11-23-20(24-12-16)21(26)27-18-7-5-17(22)6-8-18/h3-12,25H,1-2H3. The number of rotatable bonds is 4. The van der Waals surface area contributed by atoms with E-state index in [-0.39, 0.29) is 11.6 Å². The van der Waals surface area contributed by atoms with Crippen molar-refractivity contribution in [3.63, 3.8) is 0 Å². The molecule has 0 saturated carbocycles. The molecule has 27 heavy (non-hydrogen) atoms. The third-order valence-electron chi connectivity index (χ3n) is 3.86. The summed E-state index contributed by atoms with van der Waals surface area (Å²) >= 11 is 0. The van der Waals surface area contributed by atoms with Crippen molar-refractivity contribution >= 4 is 18.1 Å². The Bertz CT molecular complexity index is 974. The maximum absolute atomic E-state index is 12.9. The Morgan fingerprint density at radius 3 is 2.15 bits per heavy atom. The molecule has 0 aliphatic carbocycles. The summed E-state index contributed by atoms with van der Waals surface area (Å²) in [5, 5.41) is 9.81. The molecule has 0 spiro atoms. The molecule has 0 fully saturated rings. The van der Waals surface area contributed by atoms with Crippen LogP contribution in [0.25, 0.3) is 12.2 Å². The van der Waals surface area contributed by atoms with E-state index in [2.05, 4.69) is 9.97 Å². The maximum atomic E-state index is 12.9. The van der Waals surface area contributed by atoms with Crippen LogP contribution in [-0.2, 0) is 0 Å². The molecule has 0 unspecified atom stereocenters. The first-order chi connectivity index (χ1) is 12.9. The smallest absolute Gasteiger partial charge is 0.381 e. The number of aromatic hydroxyl groups is 1. The third-order valence-corrected chi connectivity index (χ3v) is 3.86. The third kappa shape index (κ3) is 4.55. The van der Waals surface area contributed by atoms with Crippen LogP contribution in [0.5, 0.6) is 11.5 Å². The van der Waals surface area contributed by atoms with Crippen LogP contribution in [0.2, 0.25) is 0 Å². The van der Waals surface area contributed by atoms with Crippen molar-refractivity contribution in [1.29, 1.82) is 0 Å². The number of aryl methyl sites for hydroxylation is 2. The molecular formula is C21H17FN2O3. The van der Waals surface area contributed by atoms with E-state index < -0.39 is 11.8 Å². The molecule has 5 nitrogen and oxygen atoms in total. The van der Waals surface area contributed by atoms with Crippen LogP contribution in [0.3, 0.4) is 0 Å². The summed E-state index contributed by atoms with van der Waals surface area (Å²) in [5.74, 6) is -0.720. The van der Waals surface area contributed by atoms with Crippen LogP contribution in [-0.4, -0.2) is 21.0 Å². The number of carbonyl (C=O) groups is 1. The second-order valence-corrected chi connectivity index (χ2v) is 6.02. The lowest BCUT2D eigenvalue weighted by molar-refractivity contribution is 0.0721. The lowest BCUT2D eigenvalue weighted by Gasteiger charge is -2.05. The minimum Gasteiger partial charge on any atom is -0.507 e. The number of benzene rings is 2. The van der Waals surface area contributed by atoms with Gasteiger partial charge in [0, 0.05) is 18.0 Å². The molecule has 136 valence electrons. The van der Waals surface area contributed by atoms with Crippen molar-refractivity contribution in [2.75, 3.05) is 0 Å². The van der Waals surface area contributed by atoms with E-state index in [0.717, 1.165) is 16.7 Å². The topological polar surface area (TPSA) is 72.3 Å². The number of hydrogen-bond acceptors (Lipinski definition) is 5. The van der Waals surface area contributed by atoms with Crippen LogP contribution in [0.1, 0.15) is 32.9 Å². The largest absolute Gasteiger partial charge is 0.507 e. The highest BCUT2D eigenvalue weighted by Crippen LogP contribution is 2.24. The molecule has 0 radical (unpaired) electrons. The number of halogens is 1. The first kappa shape index (κ1) is 18.3. The van der Waals surface area contributed by atoms with Crippen molar-refractivity contribution in [3.8, 4) is 11.5 Å². The summed E-state index contributed by atoms with van der Waals surface area (Å²) in [5.41, 5.74) is 3.23. The Morgan fingerprint density at radius 1 is 1.00 bits per heavy atom. The fraction of sp³-hybridized carbons (Fsp3) is 0.0952. The quantitative estimate of drug-likeness (QED) is 0.551. The number of ether oxygens (including phenoxy) is 1. The molecule has 0 aliphatic heterocycles. The Kier molecular flexibility index (Phi) is 5.26. The van der Waals surface area contributed by atoms with Gasteiger partial charge in [-0.2, -0.15) is 0 Å². The second-order valence-electron chi connectivity index (χ2n) is 6.02. The fourth-order valence-corrected chi connectivity index (χ4v) is 2.46. The number of esters is 1. The Labute approximate surface area is 155 Å². The van der Waals surface area contributed by atoms with Crippen LogP contribution < -0.4 is 4.74 Å². The van der Waals surface area contributed by atoms with Gasteiger partial charge in [0.15, 0.2) is 0 Å². The molecule has 2 aromatic carbocycles. The molecular weight excluding hydrogens is 347 g/mol. The predicted octanol–water partition coefficient (Wildman–Crippen LogP) is 4.33. The molecule has 0 saturated heterocycles. The van der Waals surface area contributed by atoms with Gasteiger partial charge >= 0.3 is 5.97 Å². The highest BCUT2D eigenvalue weighted by Gasteiger charge is 2.11. The van der Waals surface area contributed by atoms with Gasteiger partial charge in [0.25, 0.3) is 0 Å². The van der Waals surface area contributed by atoms with Crippen LogP contribution in [0.4, 0.5) is 4.39 Å². The van der Waals surface area contributed by atoms with Gasteiger partial charge in [-0.05, 0) is 66.9 Å². The SMILES string of the molecule is Cc1cc(C=Cc2cnc(C(=O)Oc3ccc(F)cc3)nc2)cc(C)c1O. The van der Waals surface area contributed by atoms with Gasteiger partial charge in [0.1, 0.15) is 17.3 Å². The van der Waals surface area contributed by atoms with E-state index in [1.54, 1.807) is 6.08 Å². The van der Waals surface area contributed by atoms with E-state index in [9.17, 15) is 14.3 Å². The molecule has 3 aromatic rings. The molecule has 0 amide bonds. The molecule has 0 aliphatic rings. The number of nitrogens with zero attached hydrogens (tertiary/aromatic N) is 2. The number of aromatic nitrogens is 2. The Balaban J connectivity index is 1.69. The Hall–Kier alpha value is -3.54. The zero-order valence-corrected chi connectivity index (χ0v) is 14.8. The average molecular weight is 364 g/mol. The predicted molar refractivity (Wildman–Crippen MR) is 99.9 cm³/mol. The number of phenolic OH excluding ortho intramolecular Hbond substituents is 1. The summed E-state index contributed by atoms with van der Waals surface area (Å²) in [6, 6.07) is 8.84. The van der Waals surface area contributed by atoms with E-state index in [0.29, 0.717) is 11.3 Å². The van der Waals surface area contributed by atoms with E-state index >= 15 is 0 Å². The van der Waals surface area contributed by atoms with Gasteiger partial charge in [-0.15, -0.1) is 0 Å². The van der Waals surface area contributed by atoms with Crippen LogP contribution in [0, 0.1) is 19.7 Å². The minimum absolute atomic E-state index is 0.0900. The summed E-state index contributed by atoms with van der Waals surface area (Å²) in [6.45, 7) is 3.68. The van der Waals surface area contributed by atoms with Crippen LogP contribution >= 0.6 is 0 Å². The van der Waals surface area contributed by atoms with Gasteiger partial charge in [0.2, 0.25) is 5.82 Å². The molecule has 0 bridgehead atoms. The van der Waals surface area contributed by atoms with Crippen molar-refractivity contribution in [3.05, 3.63) is 82.7 Å². The first-order valence-corrected chi connectivity index (χ1v) is 8.20. The van der Waals surface area contributed by atoms with Crippen molar-refractivity contribution < 1.29 is 19.0 Å². The molecule has 3 rings (SSSR count). The van der Waals surface area contributed by atoms with E-state index in [1.165, 1.54) is 36.7 Å². The molecule has 1 N–H and O–H groups in total. The van der Waals surface area contributed by atoms with Crippen LogP contribution in [0.15, 0.2) is 48.8 Å². The van der Waals surface area contributed by atoms with Gasteiger partial charge < -0.3 is 9.84 Å². The highest BCUT2D eigenvalue weighted by molar-refractivity contribution is 5.87. The van der Waals surface area contributed by atoms with Crippen molar-refractivity contribution in [2.24, 2.45) is 0 Å². The van der Waals surface area contributed by atoms with Crippen molar-refractivity contribution in [2.45, 2.75) is 13.8 Å². The first-order valence-electron chi connectivity index (χ1n) is 8.20. The van der Waals surface area contributed by atoms with E-state index in [4.69, 9.17) is 4.74 Å². The van der Waals surface area contributed by atoms with Gasteiger partial charge in [-0.3, -0.25) is 0 Å². The van der Waals surface area contributed by atoms with Gasteiger partial charge in [-0.1, -0.05) is 12.2 Å². The monoisotopic (exact) mass is 364 g/mol. The molecule has 0 atom stereocenters. The fourth-order valence-electron chi connectivity index (χ4n) is 2.46. The lowest BCUT2D eigenvalue weighted by atomic mass is 10.1. The number of phenols is 1. The summed E-state index contributed by atoms with van der Waals surface area (Å²) in [7, 11) is 0. The zero-order chi connectivity index (χ0) is 19.4. The zero-order valence-electron chi connectivity index (χ0n) is 14.8. The summed E-state index contributed by atoms with van der Waals surface area (Å²) in [6.07, 6.45) is 6.69. The molecule has 6 heteroatoms. The summed E-state index contributed by atoms with van der Waals surface area (Å²) < 4.78 is 18.0. The minimum atomic E-state index is -0.720. The average Bonchev–Trinajstić information content (AvgIpc) is 2.66. The Morgan fingerprint density at radius 2 is 1.56 bits per heavy atom.